The van der Waals surface area contributed by atoms with Gasteiger partial charge in [-0.3, -0.25) is 0 Å². The summed E-state index contributed by atoms with van der Waals surface area (Å²) in [6, 6.07) is 6.02. The molecule has 0 heterocycles. The van der Waals surface area contributed by atoms with Gasteiger partial charge < -0.3 is 0 Å². The van der Waals surface area contributed by atoms with Crippen molar-refractivity contribution in [2.24, 2.45) is 0 Å². The first-order valence-corrected chi connectivity index (χ1v) is 10.3. The Balaban J connectivity index is 2.87. The average molecular weight is 269 g/mol. The summed E-state index contributed by atoms with van der Waals surface area (Å²) in [6.07, 6.45) is 2.89. The minimum Gasteiger partial charge on any atom is -0.132 e. The van der Waals surface area contributed by atoms with E-state index in [4.69, 9.17) is 11.6 Å². The van der Waals surface area contributed by atoms with Gasteiger partial charge in [0.25, 0.3) is 0 Å². The molecule has 0 N–H and O–H groups in total. The smallest absolute Gasteiger partial charge is 0.129 e. The van der Waals surface area contributed by atoms with Gasteiger partial charge in [-0.05, 0) is 30.0 Å². The number of thioether (sulfide) groups is 1. The van der Waals surface area contributed by atoms with E-state index in [1.165, 1.54) is 10.5 Å². The average Bonchev–Trinajstić information content (AvgIpc) is 2.16. The zero-order chi connectivity index (χ0) is 12.2. The Hall–Kier alpha value is -0.363. The Kier molecular flexibility index (Phi) is 4.98. The van der Waals surface area contributed by atoms with Crippen molar-refractivity contribution in [3.8, 4) is 11.5 Å². The van der Waals surface area contributed by atoms with Crippen LogP contribution in [0.2, 0.25) is 24.7 Å². The van der Waals surface area contributed by atoms with Gasteiger partial charge in [-0.15, -0.1) is 23.2 Å². The van der Waals surface area contributed by atoms with Gasteiger partial charge in [0.1, 0.15) is 8.07 Å². The van der Waals surface area contributed by atoms with Gasteiger partial charge in [0.05, 0.1) is 0 Å². The van der Waals surface area contributed by atoms with Crippen LogP contribution in [0.4, 0.5) is 0 Å². The van der Waals surface area contributed by atoms with E-state index in [2.05, 4.69) is 43.4 Å². The lowest BCUT2D eigenvalue weighted by molar-refractivity contribution is 1.21. The second-order valence-corrected chi connectivity index (χ2v) is 10.7. The largest absolute Gasteiger partial charge is 0.132 e. The molecule has 0 saturated carbocycles. The van der Waals surface area contributed by atoms with E-state index in [1.807, 2.05) is 12.1 Å². The van der Waals surface area contributed by atoms with E-state index in [9.17, 15) is 0 Å². The molecule has 0 spiro atoms. The molecule has 0 bridgehead atoms. The Morgan fingerprint density at radius 1 is 1.31 bits per heavy atom. The van der Waals surface area contributed by atoms with Crippen LogP contribution in [0.15, 0.2) is 23.1 Å². The van der Waals surface area contributed by atoms with Crippen LogP contribution in [-0.2, 0) is 6.42 Å². The maximum absolute atomic E-state index is 5.99. The highest BCUT2D eigenvalue weighted by molar-refractivity contribution is 7.98. The summed E-state index contributed by atoms with van der Waals surface area (Å²) >= 11 is 7.74. The normalized spacial score (nSPS) is 10.8. The summed E-state index contributed by atoms with van der Waals surface area (Å²) in [4.78, 5) is 1.27. The summed E-state index contributed by atoms with van der Waals surface area (Å²) in [5, 5.41) is 0.794. The fourth-order valence-corrected chi connectivity index (χ4v) is 2.70. The lowest BCUT2D eigenvalue weighted by Crippen LogP contribution is -2.16. The maximum atomic E-state index is 5.99. The molecule has 16 heavy (non-hydrogen) atoms. The van der Waals surface area contributed by atoms with Crippen molar-refractivity contribution >= 4 is 31.4 Å². The minimum absolute atomic E-state index is 0.794. The van der Waals surface area contributed by atoms with E-state index in [0.717, 1.165) is 11.4 Å². The van der Waals surface area contributed by atoms with Gasteiger partial charge in [-0.2, -0.15) is 0 Å². The van der Waals surface area contributed by atoms with Crippen LogP contribution in [-0.4, -0.2) is 14.3 Å². The summed E-state index contributed by atoms with van der Waals surface area (Å²) in [6.45, 7) is 6.77. The molecule has 0 aliphatic carbocycles. The Morgan fingerprint density at radius 2 is 2.00 bits per heavy atom. The first-order chi connectivity index (χ1) is 7.42. The number of halogens is 1. The molecule has 1 aromatic rings. The molecule has 0 nitrogen and oxygen atoms in total. The highest BCUT2D eigenvalue weighted by Crippen LogP contribution is 2.24. The monoisotopic (exact) mass is 268 g/mol. The van der Waals surface area contributed by atoms with Gasteiger partial charge in [-0.1, -0.05) is 31.2 Å². The first kappa shape index (κ1) is 13.7. The fourth-order valence-electron chi connectivity index (χ4n) is 1.29. The lowest BCUT2D eigenvalue weighted by atomic mass is 10.2. The summed E-state index contributed by atoms with van der Waals surface area (Å²) in [5.74, 6) is 3.28. The molecule has 0 atom stereocenters. The lowest BCUT2D eigenvalue weighted by Gasteiger charge is -2.06. The van der Waals surface area contributed by atoms with Gasteiger partial charge >= 0.3 is 0 Å². The van der Waals surface area contributed by atoms with Crippen molar-refractivity contribution in [2.75, 3.05) is 6.26 Å². The zero-order valence-corrected chi connectivity index (χ0v) is 12.8. The molecule has 0 fully saturated rings. The third-order valence-corrected chi connectivity index (χ3v) is 3.98. The second-order valence-electron chi connectivity index (χ2n) is 4.68. The van der Waals surface area contributed by atoms with Gasteiger partial charge in [-0.25, -0.2) is 0 Å². The number of rotatable bonds is 2. The molecule has 0 unspecified atom stereocenters. The molecule has 1 rings (SSSR count). The second kappa shape index (κ2) is 5.81. The minimum atomic E-state index is -1.25. The van der Waals surface area contributed by atoms with Gasteiger partial charge in [0, 0.05) is 16.3 Å². The summed E-state index contributed by atoms with van der Waals surface area (Å²) in [7, 11) is -1.25. The van der Waals surface area contributed by atoms with Crippen molar-refractivity contribution in [3.63, 3.8) is 0 Å². The molecule has 0 aromatic heterocycles. The van der Waals surface area contributed by atoms with Crippen molar-refractivity contribution in [1.82, 2.24) is 0 Å². The molecule has 0 radical (unpaired) electrons. The van der Waals surface area contributed by atoms with E-state index >= 15 is 0 Å². The molecule has 3 heteroatoms. The predicted octanol–water partition coefficient (Wildman–Crippen LogP) is 4.49. The number of benzene rings is 1. The van der Waals surface area contributed by atoms with E-state index in [1.54, 1.807) is 11.8 Å². The number of hydrogen-bond donors (Lipinski definition) is 0. The maximum Gasteiger partial charge on any atom is 0.129 e. The molecule has 0 aliphatic rings. The van der Waals surface area contributed by atoms with Gasteiger partial charge in [0.15, 0.2) is 0 Å². The predicted molar refractivity (Wildman–Crippen MR) is 78.1 cm³/mol. The molecule has 0 saturated heterocycles. The van der Waals surface area contributed by atoms with Crippen LogP contribution in [0, 0.1) is 11.5 Å². The molecule has 0 aliphatic heterocycles. The summed E-state index contributed by atoms with van der Waals surface area (Å²) in [5.41, 5.74) is 4.62. The zero-order valence-electron chi connectivity index (χ0n) is 10.2. The van der Waals surface area contributed by atoms with Crippen molar-refractivity contribution in [3.05, 3.63) is 28.8 Å². The highest BCUT2D eigenvalue weighted by Gasteiger charge is 2.07. The van der Waals surface area contributed by atoms with Gasteiger partial charge in [0.2, 0.25) is 0 Å². The summed E-state index contributed by atoms with van der Waals surface area (Å²) < 4.78 is 0. The van der Waals surface area contributed by atoms with Crippen LogP contribution in [0.3, 0.4) is 0 Å². The van der Waals surface area contributed by atoms with Crippen LogP contribution in [0.25, 0.3) is 0 Å². The number of hydrogen-bond acceptors (Lipinski definition) is 1. The molecule has 86 valence electrons. The molecule has 1 aromatic carbocycles. The molecular formula is C13H17ClSSi. The highest BCUT2D eigenvalue weighted by atomic mass is 35.5. The van der Waals surface area contributed by atoms with E-state index in [0.29, 0.717) is 0 Å². The third kappa shape index (κ3) is 4.65. The Labute approximate surface area is 109 Å². The topological polar surface area (TPSA) is 0 Å². The van der Waals surface area contributed by atoms with Crippen LogP contribution in [0.1, 0.15) is 5.56 Å². The van der Waals surface area contributed by atoms with Crippen LogP contribution < -0.4 is 0 Å². The van der Waals surface area contributed by atoms with E-state index in [-0.39, 0.29) is 0 Å². The Bertz CT molecular complexity index is 424. The first-order valence-electron chi connectivity index (χ1n) is 5.25. The van der Waals surface area contributed by atoms with Crippen molar-refractivity contribution in [1.29, 1.82) is 0 Å². The van der Waals surface area contributed by atoms with Crippen molar-refractivity contribution < 1.29 is 0 Å². The third-order valence-electron chi connectivity index (χ3n) is 1.98. The fraction of sp³-hybridized carbons (Fsp3) is 0.385. The van der Waals surface area contributed by atoms with Crippen LogP contribution >= 0.6 is 23.4 Å². The SMILES string of the molecule is CSc1ccc(Cl)cc1CC#C[Si](C)(C)C. The van der Waals surface area contributed by atoms with Crippen molar-refractivity contribution in [2.45, 2.75) is 31.0 Å². The molecule has 0 amide bonds. The Morgan fingerprint density at radius 3 is 2.56 bits per heavy atom. The van der Waals surface area contributed by atoms with E-state index < -0.39 is 8.07 Å². The standard InChI is InChI=1S/C13H17ClSSi/c1-15-13-8-7-12(14)10-11(13)6-5-9-16(2,3)4/h7-8,10H,6H2,1-4H3. The van der Waals surface area contributed by atoms with Crippen LogP contribution in [0.5, 0.6) is 0 Å². The quantitative estimate of drug-likeness (QED) is 0.433. The molecular weight excluding hydrogens is 252 g/mol.